The van der Waals surface area contributed by atoms with E-state index in [0.29, 0.717) is 16.7 Å². The molecule has 0 amide bonds. The van der Waals surface area contributed by atoms with Crippen LogP contribution >= 0.6 is 11.8 Å². The Balaban J connectivity index is 2.32. The minimum atomic E-state index is -0.406. The van der Waals surface area contributed by atoms with Gasteiger partial charge in [-0.15, -0.1) is 0 Å². The number of rotatable bonds is 3. The molecule has 3 nitrogen and oxygen atoms in total. The number of aromatic nitrogens is 2. The molecule has 0 aliphatic heterocycles. The molecule has 0 saturated carbocycles. The molecule has 0 spiro atoms. The van der Waals surface area contributed by atoms with Gasteiger partial charge in [0.05, 0.1) is 10.7 Å². The Kier molecular flexibility index (Phi) is 3.28. The topological polar surface area (TPSA) is 34.9 Å². The summed E-state index contributed by atoms with van der Waals surface area (Å²) < 4.78 is 15.0. The van der Waals surface area contributed by atoms with Gasteiger partial charge in [0.2, 0.25) is 0 Å². The fourth-order valence-corrected chi connectivity index (χ4v) is 2.52. The number of nitrogens with zero attached hydrogens (tertiary/aromatic N) is 2. The lowest BCUT2D eigenvalue weighted by Crippen LogP contribution is -1.92. The van der Waals surface area contributed by atoms with Crippen LogP contribution in [0.15, 0.2) is 34.2 Å². The molecule has 1 aromatic carbocycles. The quantitative estimate of drug-likeness (QED) is 0.786. The maximum Gasteiger partial charge on any atom is 0.150 e. The van der Waals surface area contributed by atoms with E-state index >= 15 is 0 Å². The molecule has 0 aliphatic carbocycles. The van der Waals surface area contributed by atoms with E-state index in [2.05, 4.69) is 5.10 Å². The highest BCUT2D eigenvalue weighted by atomic mass is 32.2. The van der Waals surface area contributed by atoms with E-state index in [1.807, 2.05) is 20.0 Å². The summed E-state index contributed by atoms with van der Waals surface area (Å²) in [6, 6.07) is 6.19. The molecule has 0 saturated heterocycles. The molecule has 0 aliphatic rings. The first-order chi connectivity index (χ1) is 8.08. The predicted molar refractivity (Wildman–Crippen MR) is 63.9 cm³/mol. The van der Waals surface area contributed by atoms with Crippen LogP contribution in [0.3, 0.4) is 0 Å². The second-order valence-corrected chi connectivity index (χ2v) is 4.78. The molecule has 0 fully saturated rings. The number of hydrogen-bond donors (Lipinski definition) is 0. The summed E-state index contributed by atoms with van der Waals surface area (Å²) in [6.45, 7) is 1.90. The Morgan fingerprint density at radius 1 is 1.35 bits per heavy atom. The van der Waals surface area contributed by atoms with Gasteiger partial charge in [-0.1, -0.05) is 11.8 Å². The fourth-order valence-electron chi connectivity index (χ4n) is 1.51. The van der Waals surface area contributed by atoms with Gasteiger partial charge in [0.15, 0.2) is 0 Å². The van der Waals surface area contributed by atoms with Gasteiger partial charge in [-0.25, -0.2) is 4.39 Å². The Labute approximate surface area is 103 Å². The first-order valence-corrected chi connectivity index (χ1v) is 5.84. The summed E-state index contributed by atoms with van der Waals surface area (Å²) in [5.74, 6) is -0.406. The molecule has 0 unspecified atom stereocenters. The lowest BCUT2D eigenvalue weighted by Gasteiger charge is -2.02. The van der Waals surface area contributed by atoms with Crippen LogP contribution in [0.2, 0.25) is 0 Å². The van der Waals surface area contributed by atoms with Crippen molar-refractivity contribution in [2.75, 3.05) is 0 Å². The highest BCUT2D eigenvalue weighted by Crippen LogP contribution is 2.28. The summed E-state index contributed by atoms with van der Waals surface area (Å²) in [5, 5.41) is 5.11. The highest BCUT2D eigenvalue weighted by Gasteiger charge is 2.06. The summed E-state index contributed by atoms with van der Waals surface area (Å²) in [7, 11) is 1.83. The molecule has 0 atom stereocenters. The molecular formula is C12H11FN2OS. The van der Waals surface area contributed by atoms with Crippen LogP contribution in [0, 0.1) is 12.7 Å². The lowest BCUT2D eigenvalue weighted by atomic mass is 10.2. The highest BCUT2D eigenvalue weighted by molar-refractivity contribution is 7.99. The van der Waals surface area contributed by atoms with Crippen molar-refractivity contribution in [3.05, 3.63) is 41.3 Å². The van der Waals surface area contributed by atoms with E-state index in [1.54, 1.807) is 10.7 Å². The van der Waals surface area contributed by atoms with Gasteiger partial charge in [-0.05, 0) is 31.2 Å². The molecule has 0 radical (unpaired) electrons. The van der Waals surface area contributed by atoms with Crippen LogP contribution < -0.4 is 0 Å². The number of aldehydes is 1. The maximum absolute atomic E-state index is 13.2. The van der Waals surface area contributed by atoms with Crippen LogP contribution in [0.5, 0.6) is 0 Å². The van der Waals surface area contributed by atoms with Crippen molar-refractivity contribution in [2.45, 2.75) is 16.8 Å². The Bertz CT molecular complexity index is 566. The minimum Gasteiger partial charge on any atom is -0.298 e. The summed E-state index contributed by atoms with van der Waals surface area (Å²) in [4.78, 5) is 11.3. The maximum atomic E-state index is 13.2. The van der Waals surface area contributed by atoms with Crippen LogP contribution in [-0.2, 0) is 7.05 Å². The zero-order valence-electron chi connectivity index (χ0n) is 9.48. The number of aryl methyl sites for hydroxylation is 2. The number of hydrogen-bond acceptors (Lipinski definition) is 3. The van der Waals surface area contributed by atoms with Crippen LogP contribution in [0.25, 0.3) is 0 Å². The number of carbonyl (C=O) groups is 1. The molecule has 2 aromatic rings. The summed E-state index contributed by atoms with van der Waals surface area (Å²) in [6.07, 6.45) is 0.641. The Morgan fingerprint density at radius 3 is 2.71 bits per heavy atom. The monoisotopic (exact) mass is 250 g/mol. The fraction of sp³-hybridized carbons (Fsp3) is 0.167. The number of benzene rings is 1. The van der Waals surface area contributed by atoms with Crippen LogP contribution in [0.4, 0.5) is 4.39 Å². The van der Waals surface area contributed by atoms with Crippen molar-refractivity contribution in [1.82, 2.24) is 9.78 Å². The van der Waals surface area contributed by atoms with Crippen molar-refractivity contribution in [2.24, 2.45) is 7.05 Å². The van der Waals surface area contributed by atoms with Gasteiger partial charge >= 0.3 is 0 Å². The van der Waals surface area contributed by atoms with Crippen molar-refractivity contribution in [3.63, 3.8) is 0 Å². The lowest BCUT2D eigenvalue weighted by molar-refractivity contribution is 0.112. The van der Waals surface area contributed by atoms with Crippen LogP contribution in [0.1, 0.15) is 16.1 Å². The Hall–Kier alpha value is -1.62. The third kappa shape index (κ3) is 2.74. The van der Waals surface area contributed by atoms with E-state index in [-0.39, 0.29) is 0 Å². The molecule has 88 valence electrons. The van der Waals surface area contributed by atoms with Crippen molar-refractivity contribution < 1.29 is 9.18 Å². The van der Waals surface area contributed by atoms with Gasteiger partial charge in [-0.2, -0.15) is 5.10 Å². The second-order valence-electron chi connectivity index (χ2n) is 3.69. The molecule has 5 heteroatoms. The first-order valence-electron chi connectivity index (χ1n) is 5.03. The zero-order valence-corrected chi connectivity index (χ0v) is 10.3. The van der Waals surface area contributed by atoms with E-state index < -0.39 is 5.82 Å². The van der Waals surface area contributed by atoms with Crippen LogP contribution in [-0.4, -0.2) is 16.1 Å². The predicted octanol–water partition coefficient (Wildman–Crippen LogP) is 2.83. The number of halogens is 1. The smallest absolute Gasteiger partial charge is 0.150 e. The third-order valence-electron chi connectivity index (χ3n) is 2.21. The molecule has 17 heavy (non-hydrogen) atoms. The van der Waals surface area contributed by atoms with Gasteiger partial charge in [0.1, 0.15) is 12.1 Å². The van der Waals surface area contributed by atoms with Crippen molar-refractivity contribution in [3.8, 4) is 0 Å². The van der Waals surface area contributed by atoms with Gasteiger partial charge in [0, 0.05) is 17.5 Å². The largest absolute Gasteiger partial charge is 0.298 e. The molecule has 2 rings (SSSR count). The normalized spacial score (nSPS) is 10.5. The Morgan fingerprint density at radius 2 is 2.12 bits per heavy atom. The van der Waals surface area contributed by atoms with E-state index in [1.165, 1.54) is 23.9 Å². The number of carbonyl (C=O) groups excluding carboxylic acids is 1. The third-order valence-corrected chi connectivity index (χ3v) is 3.27. The van der Waals surface area contributed by atoms with E-state index in [0.717, 1.165) is 10.7 Å². The van der Waals surface area contributed by atoms with Gasteiger partial charge in [0.25, 0.3) is 0 Å². The second kappa shape index (κ2) is 4.71. The van der Waals surface area contributed by atoms with E-state index in [4.69, 9.17) is 0 Å². The average Bonchev–Trinajstić information content (AvgIpc) is 2.56. The van der Waals surface area contributed by atoms with Crippen molar-refractivity contribution in [1.29, 1.82) is 0 Å². The molecule has 1 heterocycles. The minimum absolute atomic E-state index is 0.339. The van der Waals surface area contributed by atoms with Gasteiger partial charge < -0.3 is 0 Å². The molecular weight excluding hydrogens is 239 g/mol. The molecule has 1 aromatic heterocycles. The van der Waals surface area contributed by atoms with E-state index in [9.17, 15) is 9.18 Å². The summed E-state index contributed by atoms with van der Waals surface area (Å²) >= 11 is 1.38. The molecule has 0 N–H and O–H groups in total. The zero-order chi connectivity index (χ0) is 12.4. The summed E-state index contributed by atoms with van der Waals surface area (Å²) in [5.41, 5.74) is 1.24. The van der Waals surface area contributed by atoms with Crippen molar-refractivity contribution >= 4 is 18.0 Å². The standard InChI is InChI=1S/C12H11FN2OS/c1-8-3-12(15(2)14-8)17-11-5-9(7-16)4-10(13)6-11/h3-7H,1-2H3. The molecule has 0 bridgehead atoms. The SMILES string of the molecule is Cc1cc(Sc2cc(F)cc(C=O)c2)n(C)n1. The average molecular weight is 250 g/mol. The van der Waals surface area contributed by atoms with Gasteiger partial charge in [-0.3, -0.25) is 9.48 Å². The first kappa shape index (κ1) is 11.9.